The number of aryl methyl sites for hydroxylation is 1. The van der Waals surface area contributed by atoms with Gasteiger partial charge in [0.05, 0.1) is 5.69 Å². The van der Waals surface area contributed by atoms with Gasteiger partial charge in [-0.05, 0) is 32.1 Å². The summed E-state index contributed by atoms with van der Waals surface area (Å²) in [7, 11) is 0. The highest BCUT2D eigenvalue weighted by Crippen LogP contribution is 2.23. The molecule has 2 heterocycles. The first kappa shape index (κ1) is 12.2. The molecule has 0 radical (unpaired) electrons. The summed E-state index contributed by atoms with van der Waals surface area (Å²) < 4.78 is 13.9. The summed E-state index contributed by atoms with van der Waals surface area (Å²) >= 11 is 0. The molecule has 1 atom stereocenters. The molecule has 5 heteroatoms. The van der Waals surface area contributed by atoms with Gasteiger partial charge in [-0.3, -0.25) is 0 Å². The van der Waals surface area contributed by atoms with Crippen LogP contribution < -0.4 is 4.90 Å². The molecule has 1 saturated heterocycles. The zero-order valence-electron chi connectivity index (χ0n) is 10.1. The van der Waals surface area contributed by atoms with Crippen molar-refractivity contribution in [1.82, 2.24) is 9.97 Å². The Morgan fingerprint density at radius 1 is 1.41 bits per heavy atom. The maximum absolute atomic E-state index is 13.9. The van der Waals surface area contributed by atoms with Gasteiger partial charge in [-0.25, -0.2) is 14.4 Å². The van der Waals surface area contributed by atoms with Crippen molar-refractivity contribution in [3.63, 3.8) is 0 Å². The molecule has 1 fully saturated rings. The second kappa shape index (κ2) is 5.40. The molecule has 0 saturated carbocycles. The minimum absolute atomic E-state index is 0.221. The summed E-state index contributed by atoms with van der Waals surface area (Å²) in [4.78, 5) is 9.83. The molecule has 1 aromatic heterocycles. The quantitative estimate of drug-likeness (QED) is 0.850. The van der Waals surface area contributed by atoms with Crippen molar-refractivity contribution in [3.8, 4) is 0 Å². The number of halogens is 1. The van der Waals surface area contributed by atoms with E-state index >= 15 is 0 Å². The van der Waals surface area contributed by atoms with E-state index in [-0.39, 0.29) is 12.4 Å². The Morgan fingerprint density at radius 3 is 3.00 bits per heavy atom. The van der Waals surface area contributed by atoms with E-state index in [0.29, 0.717) is 17.4 Å². The molecular formula is C12H18FN3O. The van der Waals surface area contributed by atoms with Gasteiger partial charge in [0.15, 0.2) is 11.6 Å². The second-order valence-electron chi connectivity index (χ2n) is 4.56. The first-order chi connectivity index (χ1) is 8.22. The topological polar surface area (TPSA) is 49.2 Å². The third kappa shape index (κ3) is 2.72. The van der Waals surface area contributed by atoms with Gasteiger partial charge >= 0.3 is 0 Å². The zero-order valence-corrected chi connectivity index (χ0v) is 10.1. The van der Waals surface area contributed by atoms with E-state index in [9.17, 15) is 4.39 Å². The van der Waals surface area contributed by atoms with Gasteiger partial charge in [0.25, 0.3) is 0 Å². The monoisotopic (exact) mass is 239 g/mol. The second-order valence-corrected chi connectivity index (χ2v) is 4.56. The Balaban J connectivity index is 2.14. The van der Waals surface area contributed by atoms with E-state index in [0.717, 1.165) is 32.4 Å². The number of aliphatic hydroxyl groups is 1. The lowest BCUT2D eigenvalue weighted by atomic mass is 10.0. The average molecular weight is 239 g/mol. The normalized spacial score (nSPS) is 21.4. The highest BCUT2D eigenvalue weighted by atomic mass is 19.1. The van der Waals surface area contributed by atoms with Crippen LogP contribution >= 0.6 is 0 Å². The molecule has 1 unspecified atom stereocenters. The molecular weight excluding hydrogens is 221 g/mol. The minimum atomic E-state index is -0.324. The van der Waals surface area contributed by atoms with Crippen LogP contribution in [0.3, 0.4) is 0 Å². The van der Waals surface area contributed by atoms with Crippen LogP contribution in [-0.2, 0) is 0 Å². The third-order valence-corrected chi connectivity index (χ3v) is 3.35. The molecule has 1 aromatic rings. The SMILES string of the molecule is Cc1ncnc(N2CCCC(CO)CC2)c1F. The van der Waals surface area contributed by atoms with Gasteiger partial charge in [-0.15, -0.1) is 0 Å². The Kier molecular flexibility index (Phi) is 3.89. The zero-order chi connectivity index (χ0) is 12.3. The van der Waals surface area contributed by atoms with Gasteiger partial charge in [0.2, 0.25) is 0 Å². The van der Waals surface area contributed by atoms with Crippen LogP contribution in [0.5, 0.6) is 0 Å². The molecule has 1 aliphatic heterocycles. The highest BCUT2D eigenvalue weighted by molar-refractivity contribution is 5.40. The highest BCUT2D eigenvalue weighted by Gasteiger charge is 2.20. The van der Waals surface area contributed by atoms with Crippen molar-refractivity contribution in [1.29, 1.82) is 0 Å². The summed E-state index contributed by atoms with van der Waals surface area (Å²) in [6, 6.07) is 0. The van der Waals surface area contributed by atoms with E-state index in [1.54, 1.807) is 6.92 Å². The van der Waals surface area contributed by atoms with E-state index in [1.165, 1.54) is 6.33 Å². The summed E-state index contributed by atoms with van der Waals surface area (Å²) in [5.74, 6) is 0.414. The predicted molar refractivity (Wildman–Crippen MR) is 63.4 cm³/mol. The first-order valence-electron chi connectivity index (χ1n) is 6.05. The first-order valence-corrected chi connectivity index (χ1v) is 6.05. The third-order valence-electron chi connectivity index (χ3n) is 3.35. The number of rotatable bonds is 2. The number of hydrogen-bond donors (Lipinski definition) is 1. The van der Waals surface area contributed by atoms with Gasteiger partial charge < -0.3 is 10.0 Å². The van der Waals surface area contributed by atoms with Gasteiger partial charge in [-0.1, -0.05) is 0 Å². The fourth-order valence-corrected chi connectivity index (χ4v) is 2.23. The molecule has 94 valence electrons. The lowest BCUT2D eigenvalue weighted by Gasteiger charge is -2.22. The fraction of sp³-hybridized carbons (Fsp3) is 0.667. The molecule has 0 aliphatic carbocycles. The van der Waals surface area contributed by atoms with Gasteiger partial charge in [0, 0.05) is 19.7 Å². The lowest BCUT2D eigenvalue weighted by Crippen LogP contribution is -2.27. The number of anilines is 1. The van der Waals surface area contributed by atoms with Crippen LogP contribution in [0.25, 0.3) is 0 Å². The number of aliphatic hydroxyl groups excluding tert-OH is 1. The van der Waals surface area contributed by atoms with Crippen molar-refractivity contribution in [3.05, 3.63) is 17.8 Å². The summed E-state index contributed by atoms with van der Waals surface area (Å²) in [5.41, 5.74) is 0.387. The number of hydrogen-bond acceptors (Lipinski definition) is 4. The van der Waals surface area contributed by atoms with Crippen LogP contribution in [0.15, 0.2) is 6.33 Å². The molecule has 0 bridgehead atoms. The maximum atomic E-state index is 13.9. The van der Waals surface area contributed by atoms with Crippen molar-refractivity contribution >= 4 is 5.82 Å². The van der Waals surface area contributed by atoms with E-state index in [1.807, 2.05) is 4.90 Å². The molecule has 0 amide bonds. The smallest absolute Gasteiger partial charge is 0.186 e. The maximum Gasteiger partial charge on any atom is 0.186 e. The largest absolute Gasteiger partial charge is 0.396 e. The molecule has 1 N–H and O–H groups in total. The number of aromatic nitrogens is 2. The lowest BCUT2D eigenvalue weighted by molar-refractivity contribution is 0.215. The Bertz CT molecular complexity index is 386. The van der Waals surface area contributed by atoms with E-state index in [2.05, 4.69) is 9.97 Å². The summed E-state index contributed by atoms with van der Waals surface area (Å²) in [6.07, 6.45) is 4.26. The van der Waals surface area contributed by atoms with Crippen LogP contribution in [0.2, 0.25) is 0 Å². The van der Waals surface area contributed by atoms with Crippen LogP contribution in [0, 0.1) is 18.7 Å². The molecule has 2 rings (SSSR count). The Labute approximate surface area is 101 Å². The molecule has 17 heavy (non-hydrogen) atoms. The average Bonchev–Trinajstić information content (AvgIpc) is 2.58. The van der Waals surface area contributed by atoms with Crippen molar-refractivity contribution in [2.24, 2.45) is 5.92 Å². The van der Waals surface area contributed by atoms with E-state index < -0.39 is 0 Å². The molecule has 4 nitrogen and oxygen atoms in total. The molecule has 1 aliphatic rings. The molecule has 0 aromatic carbocycles. The van der Waals surface area contributed by atoms with Gasteiger partial charge in [0.1, 0.15) is 6.33 Å². The van der Waals surface area contributed by atoms with Gasteiger partial charge in [-0.2, -0.15) is 0 Å². The van der Waals surface area contributed by atoms with Crippen LogP contribution in [0.1, 0.15) is 25.0 Å². The van der Waals surface area contributed by atoms with Crippen molar-refractivity contribution in [2.75, 3.05) is 24.6 Å². The molecule has 0 spiro atoms. The summed E-state index contributed by atoms with van der Waals surface area (Å²) in [6.45, 7) is 3.41. The van der Waals surface area contributed by atoms with Crippen LogP contribution in [0.4, 0.5) is 10.2 Å². The summed E-state index contributed by atoms with van der Waals surface area (Å²) in [5, 5.41) is 9.15. The van der Waals surface area contributed by atoms with Crippen molar-refractivity contribution < 1.29 is 9.50 Å². The van der Waals surface area contributed by atoms with Crippen molar-refractivity contribution in [2.45, 2.75) is 26.2 Å². The fourth-order valence-electron chi connectivity index (χ4n) is 2.23. The minimum Gasteiger partial charge on any atom is -0.396 e. The number of nitrogens with zero attached hydrogens (tertiary/aromatic N) is 3. The predicted octanol–water partition coefficient (Wildman–Crippen LogP) is 1.52. The van der Waals surface area contributed by atoms with Crippen LogP contribution in [-0.4, -0.2) is 34.8 Å². The standard InChI is InChI=1S/C12H18FN3O/c1-9-11(13)12(15-8-14-9)16-5-2-3-10(7-17)4-6-16/h8,10,17H,2-7H2,1H3. The Hall–Kier alpha value is -1.23. The van der Waals surface area contributed by atoms with E-state index in [4.69, 9.17) is 5.11 Å². The Morgan fingerprint density at radius 2 is 2.24 bits per heavy atom.